The van der Waals surface area contributed by atoms with E-state index in [-0.39, 0.29) is 0 Å². The maximum absolute atomic E-state index is 4.41. The second-order valence-electron chi connectivity index (χ2n) is 5.08. The molecule has 1 aromatic carbocycles. The van der Waals surface area contributed by atoms with Crippen molar-refractivity contribution in [1.82, 2.24) is 9.88 Å². The fraction of sp³-hybridized carbons (Fsp3) is 0.312. The van der Waals surface area contributed by atoms with Gasteiger partial charge in [0.2, 0.25) is 0 Å². The quantitative estimate of drug-likeness (QED) is 0.894. The van der Waals surface area contributed by atoms with Crippen LogP contribution in [-0.4, -0.2) is 30.0 Å². The van der Waals surface area contributed by atoms with E-state index in [1.165, 1.54) is 17.1 Å². The fourth-order valence-electron chi connectivity index (χ4n) is 2.61. The van der Waals surface area contributed by atoms with Crippen LogP contribution in [0.3, 0.4) is 0 Å². The maximum atomic E-state index is 4.41. The van der Waals surface area contributed by atoms with Gasteiger partial charge in [0, 0.05) is 17.9 Å². The molecule has 4 heteroatoms. The first-order valence-corrected chi connectivity index (χ1v) is 7.01. The van der Waals surface area contributed by atoms with Crippen molar-refractivity contribution in [2.45, 2.75) is 13.8 Å². The summed E-state index contributed by atoms with van der Waals surface area (Å²) < 4.78 is 2.27. The van der Waals surface area contributed by atoms with E-state index >= 15 is 0 Å². The van der Waals surface area contributed by atoms with E-state index in [2.05, 4.69) is 70.4 Å². The summed E-state index contributed by atoms with van der Waals surface area (Å²) in [6.07, 6.45) is 0. The molecule has 0 saturated carbocycles. The van der Waals surface area contributed by atoms with E-state index in [9.17, 15) is 0 Å². The van der Waals surface area contributed by atoms with Crippen LogP contribution in [0.15, 0.2) is 41.4 Å². The topological polar surface area (TPSA) is 41.4 Å². The lowest BCUT2D eigenvalue weighted by molar-refractivity contribution is 0.953. The molecule has 0 aliphatic carbocycles. The van der Waals surface area contributed by atoms with Gasteiger partial charge in [-0.1, -0.05) is 12.1 Å². The van der Waals surface area contributed by atoms with Crippen molar-refractivity contribution >= 4 is 11.5 Å². The minimum absolute atomic E-state index is 0.746. The number of para-hydroxylation sites is 2. The third-order valence-corrected chi connectivity index (χ3v) is 3.61. The largest absolute Gasteiger partial charge is 0.376 e. The second kappa shape index (κ2) is 5.41. The molecule has 0 radical (unpaired) electrons. The van der Waals surface area contributed by atoms with Crippen LogP contribution >= 0.6 is 0 Å². The van der Waals surface area contributed by atoms with Crippen molar-refractivity contribution in [3.8, 4) is 5.69 Å². The highest BCUT2D eigenvalue weighted by Gasteiger charge is 2.10. The third-order valence-electron chi connectivity index (χ3n) is 3.61. The first-order valence-electron chi connectivity index (χ1n) is 7.01. The molecule has 0 saturated heterocycles. The zero-order valence-electron chi connectivity index (χ0n) is 12.0. The predicted molar refractivity (Wildman–Crippen MR) is 84.0 cm³/mol. The van der Waals surface area contributed by atoms with Gasteiger partial charge in [0.25, 0.3) is 0 Å². The van der Waals surface area contributed by atoms with E-state index in [4.69, 9.17) is 0 Å². The van der Waals surface area contributed by atoms with Crippen molar-refractivity contribution in [3.63, 3.8) is 0 Å². The first kappa shape index (κ1) is 12.8. The summed E-state index contributed by atoms with van der Waals surface area (Å²) in [6, 6.07) is 12.7. The minimum atomic E-state index is 0.746. The van der Waals surface area contributed by atoms with E-state index in [0.717, 1.165) is 31.2 Å². The van der Waals surface area contributed by atoms with Gasteiger partial charge in [-0.25, -0.2) is 0 Å². The van der Waals surface area contributed by atoms with Gasteiger partial charge in [0.1, 0.15) is 5.84 Å². The second-order valence-corrected chi connectivity index (χ2v) is 5.08. The molecule has 2 aromatic rings. The number of rotatable bonds is 4. The molecule has 104 valence electrons. The van der Waals surface area contributed by atoms with Crippen LogP contribution in [0.4, 0.5) is 5.69 Å². The van der Waals surface area contributed by atoms with Crippen molar-refractivity contribution < 1.29 is 0 Å². The van der Waals surface area contributed by atoms with Gasteiger partial charge in [-0.3, -0.25) is 4.99 Å². The number of nitrogens with zero attached hydrogens (tertiary/aromatic N) is 2. The highest BCUT2D eigenvalue weighted by molar-refractivity contribution is 5.88. The molecule has 0 unspecified atom stereocenters. The standard InChI is InChI=1S/C16H20N4/c1-12-7-8-13(2)20(12)15-6-4-3-5-14(15)19-11-16-17-9-10-18-16/h3-8,19H,9-11H2,1-2H3,(H,17,18). The van der Waals surface area contributed by atoms with Crippen molar-refractivity contribution in [3.05, 3.63) is 47.8 Å². The van der Waals surface area contributed by atoms with Gasteiger partial charge in [0.15, 0.2) is 0 Å². The lowest BCUT2D eigenvalue weighted by Crippen LogP contribution is -2.26. The van der Waals surface area contributed by atoms with Gasteiger partial charge in [-0.2, -0.15) is 0 Å². The Labute approximate surface area is 119 Å². The zero-order valence-corrected chi connectivity index (χ0v) is 12.0. The molecule has 0 atom stereocenters. The molecule has 0 fully saturated rings. The fourth-order valence-corrected chi connectivity index (χ4v) is 2.61. The monoisotopic (exact) mass is 268 g/mol. The van der Waals surface area contributed by atoms with Gasteiger partial charge in [-0.15, -0.1) is 0 Å². The van der Waals surface area contributed by atoms with Gasteiger partial charge >= 0.3 is 0 Å². The minimum Gasteiger partial charge on any atom is -0.376 e. The van der Waals surface area contributed by atoms with Crippen LogP contribution in [0.5, 0.6) is 0 Å². The van der Waals surface area contributed by atoms with Crippen molar-refractivity contribution in [2.75, 3.05) is 25.0 Å². The zero-order chi connectivity index (χ0) is 13.9. The summed E-state index contributed by atoms with van der Waals surface area (Å²) in [4.78, 5) is 4.41. The van der Waals surface area contributed by atoms with Crippen molar-refractivity contribution in [1.29, 1.82) is 0 Å². The molecule has 0 amide bonds. The number of aliphatic imine (C=N–C) groups is 1. The molecule has 1 aliphatic heterocycles. The normalized spacial score (nSPS) is 14.0. The summed E-state index contributed by atoms with van der Waals surface area (Å²) in [6.45, 7) is 6.85. The highest BCUT2D eigenvalue weighted by Crippen LogP contribution is 2.24. The molecule has 3 rings (SSSR count). The van der Waals surface area contributed by atoms with Crippen LogP contribution < -0.4 is 10.6 Å². The highest BCUT2D eigenvalue weighted by atomic mass is 15.1. The number of aromatic nitrogens is 1. The predicted octanol–water partition coefficient (Wildman–Crippen LogP) is 2.51. The average molecular weight is 268 g/mol. The van der Waals surface area contributed by atoms with E-state index in [1.54, 1.807) is 0 Å². The Hall–Kier alpha value is -2.23. The third kappa shape index (κ3) is 2.41. The van der Waals surface area contributed by atoms with Crippen LogP contribution in [0, 0.1) is 13.8 Å². The Balaban J connectivity index is 1.88. The Morgan fingerprint density at radius 3 is 2.60 bits per heavy atom. The summed E-state index contributed by atoms with van der Waals surface area (Å²) in [5, 5.41) is 6.77. The molecule has 0 spiro atoms. The number of anilines is 1. The Bertz CT molecular complexity index is 620. The number of hydrogen-bond donors (Lipinski definition) is 2. The Morgan fingerprint density at radius 1 is 1.15 bits per heavy atom. The molecular weight excluding hydrogens is 248 g/mol. The van der Waals surface area contributed by atoms with E-state index in [1.807, 2.05) is 0 Å². The molecular formula is C16H20N4. The summed E-state index contributed by atoms with van der Waals surface area (Å²) in [7, 11) is 0. The lowest BCUT2D eigenvalue weighted by Gasteiger charge is -2.16. The smallest absolute Gasteiger partial charge is 0.116 e. The number of aryl methyl sites for hydroxylation is 2. The van der Waals surface area contributed by atoms with Crippen molar-refractivity contribution in [2.24, 2.45) is 4.99 Å². The van der Waals surface area contributed by atoms with Crippen LogP contribution in [0.1, 0.15) is 11.4 Å². The molecule has 1 aromatic heterocycles. The Morgan fingerprint density at radius 2 is 1.90 bits per heavy atom. The van der Waals surface area contributed by atoms with Crippen LogP contribution in [-0.2, 0) is 0 Å². The number of amidine groups is 1. The van der Waals surface area contributed by atoms with Gasteiger partial charge < -0.3 is 15.2 Å². The summed E-state index contributed by atoms with van der Waals surface area (Å²) in [5.74, 6) is 1.04. The Kier molecular flexibility index (Phi) is 3.46. The average Bonchev–Trinajstić information content (AvgIpc) is 3.08. The molecule has 20 heavy (non-hydrogen) atoms. The van der Waals surface area contributed by atoms with E-state index in [0.29, 0.717) is 0 Å². The van der Waals surface area contributed by atoms with E-state index < -0.39 is 0 Å². The number of nitrogens with one attached hydrogen (secondary N) is 2. The molecule has 0 bridgehead atoms. The van der Waals surface area contributed by atoms with Gasteiger partial charge in [0.05, 0.1) is 24.5 Å². The molecule has 2 heterocycles. The SMILES string of the molecule is Cc1ccc(C)n1-c1ccccc1NCC1=NCCN1. The first-order chi connectivity index (χ1) is 9.75. The summed E-state index contributed by atoms with van der Waals surface area (Å²) >= 11 is 0. The maximum Gasteiger partial charge on any atom is 0.116 e. The van der Waals surface area contributed by atoms with Crippen LogP contribution in [0.25, 0.3) is 5.69 Å². The summed E-state index contributed by atoms with van der Waals surface area (Å²) in [5.41, 5.74) is 4.80. The number of hydrogen-bond acceptors (Lipinski definition) is 3. The molecule has 2 N–H and O–H groups in total. The lowest BCUT2D eigenvalue weighted by atomic mass is 10.2. The number of benzene rings is 1. The van der Waals surface area contributed by atoms with Crippen LogP contribution in [0.2, 0.25) is 0 Å². The molecule has 1 aliphatic rings. The van der Waals surface area contributed by atoms with Gasteiger partial charge in [-0.05, 0) is 38.1 Å². The molecule has 4 nitrogen and oxygen atoms in total.